The van der Waals surface area contributed by atoms with Gasteiger partial charge in [-0.2, -0.15) is 0 Å². The lowest BCUT2D eigenvalue weighted by Crippen LogP contribution is -2.19. The van der Waals surface area contributed by atoms with Crippen LogP contribution in [0.4, 0.5) is 17.1 Å². The van der Waals surface area contributed by atoms with E-state index in [1.165, 1.54) is 60.3 Å². The van der Waals surface area contributed by atoms with Crippen molar-refractivity contribution in [2.45, 2.75) is 32.1 Å². The lowest BCUT2D eigenvalue weighted by Gasteiger charge is -2.27. The van der Waals surface area contributed by atoms with Crippen LogP contribution in [0, 0.1) is 0 Å². The zero-order chi connectivity index (χ0) is 14.1. The van der Waals surface area contributed by atoms with Gasteiger partial charge in [0.05, 0.1) is 0 Å². The Hall–Kier alpha value is -1.96. The van der Waals surface area contributed by atoms with Crippen molar-refractivity contribution < 1.29 is 0 Å². The Balaban J connectivity index is 1.75. The van der Waals surface area contributed by atoms with Crippen LogP contribution in [-0.2, 0) is 12.8 Å². The van der Waals surface area contributed by atoms with Gasteiger partial charge in [-0.15, -0.1) is 0 Å². The fourth-order valence-electron chi connectivity index (χ4n) is 3.58. The van der Waals surface area contributed by atoms with E-state index in [4.69, 9.17) is 0 Å². The number of hydrogen-bond acceptors (Lipinski definition) is 2. The fraction of sp³-hybridized carbons (Fsp3) is 0.368. The summed E-state index contributed by atoms with van der Waals surface area (Å²) in [6.07, 6.45) is 6.21. The van der Waals surface area contributed by atoms with E-state index in [2.05, 4.69) is 52.7 Å². The molecule has 2 heterocycles. The van der Waals surface area contributed by atoms with Crippen LogP contribution in [0.1, 0.15) is 30.4 Å². The molecule has 2 aliphatic heterocycles. The topological polar surface area (TPSA) is 15.3 Å². The van der Waals surface area contributed by atoms with Crippen molar-refractivity contribution in [2.24, 2.45) is 0 Å². The number of nitrogens with one attached hydrogen (secondary N) is 1. The second-order valence-electron chi connectivity index (χ2n) is 6.11. The SMILES string of the molecule is c1ccc2c(c1)CCCCN2c1ccc2c(c1)NCCC2. The van der Waals surface area contributed by atoms with E-state index in [1.807, 2.05) is 0 Å². The van der Waals surface area contributed by atoms with Crippen molar-refractivity contribution in [2.75, 3.05) is 23.3 Å². The zero-order valence-corrected chi connectivity index (χ0v) is 12.4. The molecule has 0 aliphatic carbocycles. The van der Waals surface area contributed by atoms with Gasteiger partial charge in [-0.1, -0.05) is 24.3 Å². The third-order valence-corrected chi connectivity index (χ3v) is 4.70. The monoisotopic (exact) mass is 278 g/mol. The predicted octanol–water partition coefficient (Wildman–Crippen LogP) is 4.52. The van der Waals surface area contributed by atoms with Gasteiger partial charge in [0.15, 0.2) is 0 Å². The molecule has 2 heteroatoms. The smallest absolute Gasteiger partial charge is 0.0443 e. The summed E-state index contributed by atoms with van der Waals surface area (Å²) in [5.41, 5.74) is 7.01. The maximum absolute atomic E-state index is 3.56. The molecular formula is C19H22N2. The predicted molar refractivity (Wildman–Crippen MR) is 89.6 cm³/mol. The lowest BCUT2D eigenvalue weighted by molar-refractivity contribution is 0.760. The lowest BCUT2D eigenvalue weighted by atomic mass is 10.0. The van der Waals surface area contributed by atoms with Crippen LogP contribution >= 0.6 is 0 Å². The van der Waals surface area contributed by atoms with E-state index in [9.17, 15) is 0 Å². The third-order valence-electron chi connectivity index (χ3n) is 4.70. The quantitative estimate of drug-likeness (QED) is 0.825. The molecule has 108 valence electrons. The highest BCUT2D eigenvalue weighted by molar-refractivity contribution is 5.71. The van der Waals surface area contributed by atoms with Gasteiger partial charge in [-0.3, -0.25) is 0 Å². The summed E-state index contributed by atoms with van der Waals surface area (Å²) in [6, 6.07) is 15.8. The van der Waals surface area contributed by atoms with Crippen LogP contribution in [0.15, 0.2) is 42.5 Å². The normalized spacial score (nSPS) is 17.4. The fourth-order valence-corrected chi connectivity index (χ4v) is 3.58. The largest absolute Gasteiger partial charge is 0.385 e. The number of nitrogens with zero attached hydrogens (tertiary/aromatic N) is 1. The molecule has 0 atom stereocenters. The number of fused-ring (bicyclic) bond motifs is 2. The number of anilines is 3. The molecule has 1 N–H and O–H groups in total. The molecule has 2 aliphatic rings. The minimum absolute atomic E-state index is 1.10. The third kappa shape index (κ3) is 2.39. The van der Waals surface area contributed by atoms with Gasteiger partial charge in [-0.25, -0.2) is 0 Å². The molecule has 0 saturated carbocycles. The first kappa shape index (κ1) is 12.8. The molecule has 4 rings (SSSR count). The highest BCUT2D eigenvalue weighted by atomic mass is 15.1. The van der Waals surface area contributed by atoms with E-state index < -0.39 is 0 Å². The maximum atomic E-state index is 3.56. The average Bonchev–Trinajstić information content (AvgIpc) is 2.77. The molecule has 2 nitrogen and oxygen atoms in total. The van der Waals surface area contributed by atoms with E-state index in [0.29, 0.717) is 0 Å². The standard InChI is InChI=1S/C19H22N2/c1-2-9-19-16(6-1)7-3-4-13-21(19)17-11-10-15-8-5-12-20-18(15)14-17/h1-2,6,9-11,14,20H,3-5,7-8,12-13H2. The second kappa shape index (κ2) is 5.44. The summed E-state index contributed by atoms with van der Waals surface area (Å²) in [5, 5.41) is 3.56. The molecule has 0 amide bonds. The highest BCUT2D eigenvalue weighted by Gasteiger charge is 2.18. The van der Waals surface area contributed by atoms with Gasteiger partial charge in [0, 0.05) is 30.2 Å². The Morgan fingerprint density at radius 1 is 0.857 bits per heavy atom. The van der Waals surface area contributed by atoms with Gasteiger partial charge in [0.2, 0.25) is 0 Å². The Bertz CT molecular complexity index is 648. The second-order valence-corrected chi connectivity index (χ2v) is 6.11. The molecular weight excluding hydrogens is 256 g/mol. The van der Waals surface area contributed by atoms with E-state index in [1.54, 1.807) is 0 Å². The van der Waals surface area contributed by atoms with Crippen molar-refractivity contribution >= 4 is 17.1 Å². The van der Waals surface area contributed by atoms with Crippen LogP contribution in [0.3, 0.4) is 0 Å². The molecule has 0 aromatic heterocycles. The number of hydrogen-bond donors (Lipinski definition) is 1. The number of rotatable bonds is 1. The van der Waals surface area contributed by atoms with Gasteiger partial charge in [0.25, 0.3) is 0 Å². The Morgan fingerprint density at radius 3 is 2.76 bits per heavy atom. The van der Waals surface area contributed by atoms with Gasteiger partial charge < -0.3 is 10.2 Å². The zero-order valence-electron chi connectivity index (χ0n) is 12.4. The van der Waals surface area contributed by atoms with Gasteiger partial charge in [0.1, 0.15) is 0 Å². The summed E-state index contributed by atoms with van der Waals surface area (Å²) < 4.78 is 0. The van der Waals surface area contributed by atoms with Crippen LogP contribution in [-0.4, -0.2) is 13.1 Å². The summed E-state index contributed by atoms with van der Waals surface area (Å²) in [6.45, 7) is 2.23. The minimum Gasteiger partial charge on any atom is -0.385 e. The van der Waals surface area contributed by atoms with Crippen molar-refractivity contribution in [1.29, 1.82) is 0 Å². The van der Waals surface area contributed by atoms with E-state index in [-0.39, 0.29) is 0 Å². The number of para-hydroxylation sites is 1. The van der Waals surface area contributed by atoms with Crippen molar-refractivity contribution in [3.05, 3.63) is 53.6 Å². The number of benzene rings is 2. The van der Waals surface area contributed by atoms with Crippen LogP contribution < -0.4 is 10.2 Å². The first-order valence-corrected chi connectivity index (χ1v) is 8.14. The molecule has 0 saturated heterocycles. The van der Waals surface area contributed by atoms with Crippen molar-refractivity contribution in [3.63, 3.8) is 0 Å². The van der Waals surface area contributed by atoms with Gasteiger partial charge in [-0.05, 0) is 61.4 Å². The molecule has 0 radical (unpaired) electrons. The Kier molecular flexibility index (Phi) is 3.30. The molecule has 0 unspecified atom stereocenters. The molecule has 2 aromatic carbocycles. The van der Waals surface area contributed by atoms with E-state index >= 15 is 0 Å². The molecule has 0 bridgehead atoms. The summed E-state index contributed by atoms with van der Waals surface area (Å²) in [7, 11) is 0. The molecule has 21 heavy (non-hydrogen) atoms. The molecule has 2 aromatic rings. The molecule has 0 spiro atoms. The Morgan fingerprint density at radius 2 is 1.76 bits per heavy atom. The van der Waals surface area contributed by atoms with Crippen molar-refractivity contribution in [1.82, 2.24) is 0 Å². The molecule has 0 fully saturated rings. The van der Waals surface area contributed by atoms with Gasteiger partial charge >= 0.3 is 0 Å². The first-order valence-electron chi connectivity index (χ1n) is 8.14. The summed E-state index contributed by atoms with van der Waals surface area (Å²) in [4.78, 5) is 2.50. The van der Waals surface area contributed by atoms with Crippen LogP contribution in [0.25, 0.3) is 0 Å². The summed E-state index contributed by atoms with van der Waals surface area (Å²) in [5.74, 6) is 0. The first-order chi connectivity index (χ1) is 10.4. The van der Waals surface area contributed by atoms with Crippen LogP contribution in [0.2, 0.25) is 0 Å². The average molecular weight is 278 g/mol. The number of aryl methyl sites for hydroxylation is 2. The van der Waals surface area contributed by atoms with Crippen LogP contribution in [0.5, 0.6) is 0 Å². The Labute approximate surface area is 126 Å². The van der Waals surface area contributed by atoms with E-state index in [0.717, 1.165) is 13.1 Å². The highest BCUT2D eigenvalue weighted by Crippen LogP contribution is 2.35. The maximum Gasteiger partial charge on any atom is 0.0443 e. The summed E-state index contributed by atoms with van der Waals surface area (Å²) >= 11 is 0. The minimum atomic E-state index is 1.10. The van der Waals surface area contributed by atoms with Crippen molar-refractivity contribution in [3.8, 4) is 0 Å².